The molecule has 2 aliphatic heterocycles. The van der Waals surface area contributed by atoms with Crippen molar-refractivity contribution >= 4 is 29.0 Å². The van der Waals surface area contributed by atoms with Gasteiger partial charge in [0.2, 0.25) is 0 Å². The molecule has 5 rings (SSSR count). The summed E-state index contributed by atoms with van der Waals surface area (Å²) in [6.45, 7) is 0.545. The average Bonchev–Trinajstić information content (AvgIpc) is 3.40. The van der Waals surface area contributed by atoms with Crippen molar-refractivity contribution in [3.63, 3.8) is 0 Å². The van der Waals surface area contributed by atoms with Gasteiger partial charge in [0.1, 0.15) is 24.0 Å². The van der Waals surface area contributed by atoms with Gasteiger partial charge in [-0.25, -0.2) is 9.97 Å². The Morgan fingerprint density at radius 2 is 1.96 bits per heavy atom. The molecule has 2 aromatic heterocycles. The zero-order valence-electron chi connectivity index (χ0n) is 14.7. The Labute approximate surface area is 165 Å². The van der Waals surface area contributed by atoms with Gasteiger partial charge in [-0.15, -0.1) is 0 Å². The van der Waals surface area contributed by atoms with Gasteiger partial charge in [0.15, 0.2) is 5.82 Å². The van der Waals surface area contributed by atoms with E-state index in [1.54, 1.807) is 6.20 Å². The summed E-state index contributed by atoms with van der Waals surface area (Å²) in [5.41, 5.74) is 1.64. The molecule has 2 N–H and O–H groups in total. The van der Waals surface area contributed by atoms with E-state index in [0.29, 0.717) is 18.2 Å². The van der Waals surface area contributed by atoms with Crippen LogP contribution in [-0.2, 0) is 14.3 Å². The van der Waals surface area contributed by atoms with Crippen molar-refractivity contribution in [1.29, 1.82) is 0 Å². The quantitative estimate of drug-likeness (QED) is 0.631. The van der Waals surface area contributed by atoms with Gasteiger partial charge in [-0.05, 0) is 24.3 Å². The number of aliphatic hydroxyl groups excluding tert-OH is 1. The van der Waals surface area contributed by atoms with Crippen molar-refractivity contribution in [2.75, 3.05) is 13.2 Å². The largest absolute Gasteiger partial charge is 0.483 e. The predicted octanol–water partition coefficient (Wildman–Crippen LogP) is 2.15. The van der Waals surface area contributed by atoms with E-state index in [1.807, 2.05) is 41.1 Å². The Balaban J connectivity index is 0.000000604. The Bertz CT molecular complexity index is 995. The molecular weight excluding hydrogens is 386 g/mol. The number of hydrogen-bond donors (Lipinski definition) is 2. The second kappa shape index (κ2) is 7.84. The van der Waals surface area contributed by atoms with E-state index in [2.05, 4.69) is 4.98 Å². The first-order chi connectivity index (χ1) is 13.6. The lowest BCUT2D eigenvalue weighted by Gasteiger charge is -2.19. The van der Waals surface area contributed by atoms with Gasteiger partial charge in [-0.2, -0.15) is 0 Å². The number of pyridine rings is 1. The molecule has 0 aliphatic carbocycles. The monoisotopic (exact) mass is 403 g/mol. The number of rotatable bonds is 2. The first kappa shape index (κ1) is 18.8. The lowest BCUT2D eigenvalue weighted by atomic mass is 10.1. The summed E-state index contributed by atoms with van der Waals surface area (Å²) in [4.78, 5) is 17.6. The molecule has 146 valence electrons. The first-order valence-electron chi connectivity index (χ1n) is 8.71. The molecule has 28 heavy (non-hydrogen) atoms. The molecule has 9 heteroatoms. The molecule has 0 radical (unpaired) electrons. The summed E-state index contributed by atoms with van der Waals surface area (Å²) >= 11 is 6.04. The van der Waals surface area contributed by atoms with Crippen molar-refractivity contribution in [2.45, 2.75) is 24.4 Å². The summed E-state index contributed by atoms with van der Waals surface area (Å²) in [5.74, 6) is 0.760. The summed E-state index contributed by atoms with van der Waals surface area (Å²) in [5, 5.41) is 18.5. The number of carboxylic acid groups (broad SMARTS) is 1. The van der Waals surface area contributed by atoms with Crippen LogP contribution in [0.2, 0.25) is 5.02 Å². The van der Waals surface area contributed by atoms with Crippen molar-refractivity contribution in [3.8, 4) is 11.5 Å². The molecule has 0 bridgehead atoms. The van der Waals surface area contributed by atoms with Gasteiger partial charge >= 0.3 is 0 Å². The maximum absolute atomic E-state index is 9.94. The number of imidazole rings is 1. The Morgan fingerprint density at radius 3 is 2.79 bits per heavy atom. The van der Waals surface area contributed by atoms with Crippen molar-refractivity contribution < 1.29 is 24.5 Å². The maximum atomic E-state index is 9.94. The van der Waals surface area contributed by atoms with Gasteiger partial charge in [0, 0.05) is 22.8 Å². The number of carbonyl (C=O) groups is 1. The molecule has 1 aromatic carbocycles. The second-order valence-electron chi connectivity index (χ2n) is 6.53. The van der Waals surface area contributed by atoms with Crippen LogP contribution < -0.4 is 0 Å². The van der Waals surface area contributed by atoms with Crippen molar-refractivity contribution in [1.82, 2.24) is 14.5 Å². The van der Waals surface area contributed by atoms with Crippen LogP contribution in [0.3, 0.4) is 0 Å². The summed E-state index contributed by atoms with van der Waals surface area (Å²) < 4.78 is 13.5. The smallest absolute Gasteiger partial charge is 0.290 e. The highest BCUT2D eigenvalue weighted by atomic mass is 35.5. The van der Waals surface area contributed by atoms with Crippen molar-refractivity contribution in [3.05, 3.63) is 47.7 Å². The highest BCUT2D eigenvalue weighted by Gasteiger charge is 2.48. The highest BCUT2D eigenvalue weighted by Crippen LogP contribution is 2.36. The van der Waals surface area contributed by atoms with Gasteiger partial charge in [-0.3, -0.25) is 4.79 Å². The van der Waals surface area contributed by atoms with Gasteiger partial charge in [0.25, 0.3) is 6.47 Å². The summed E-state index contributed by atoms with van der Waals surface area (Å²) in [7, 11) is 0. The molecule has 0 spiro atoms. The fraction of sp³-hybridized carbons (Fsp3) is 0.316. The second-order valence-corrected chi connectivity index (χ2v) is 6.96. The number of benzene rings is 1. The fourth-order valence-electron chi connectivity index (χ4n) is 3.70. The van der Waals surface area contributed by atoms with Crippen LogP contribution in [0.4, 0.5) is 0 Å². The third kappa shape index (κ3) is 3.35. The van der Waals surface area contributed by atoms with Crippen molar-refractivity contribution in [2.24, 2.45) is 0 Å². The first-order valence-corrected chi connectivity index (χ1v) is 9.09. The SMILES string of the molecule is O=CO.O[C@@H]1CO[C@H]2[C@@H]1OC[C@@H]2n1ccnc1-c1ccc2cc(Cl)ccc2n1. The fourth-order valence-corrected chi connectivity index (χ4v) is 3.88. The minimum absolute atomic E-state index is 0.0256. The Kier molecular flexibility index (Phi) is 5.27. The van der Waals surface area contributed by atoms with Gasteiger partial charge < -0.3 is 24.3 Å². The lowest BCUT2D eigenvalue weighted by Crippen LogP contribution is -2.30. The van der Waals surface area contributed by atoms with Crippen LogP contribution in [0.5, 0.6) is 0 Å². The molecule has 2 saturated heterocycles. The van der Waals surface area contributed by atoms with E-state index in [9.17, 15) is 5.11 Å². The molecule has 2 aliphatic rings. The van der Waals surface area contributed by atoms with Crippen LogP contribution in [0.1, 0.15) is 6.04 Å². The zero-order chi connectivity index (χ0) is 19.7. The summed E-state index contributed by atoms with van der Waals surface area (Å²) in [6, 6.07) is 9.53. The standard InChI is InChI=1S/C18H16ClN3O3.CH2O2/c19-11-2-4-12-10(7-11)1-3-13(21-12)18-20-5-6-22(18)14-8-24-17-15(23)9-25-16(14)17;2-1-3/h1-7,14-17,23H,8-9H2;1H,(H,2,3)/t14-,15+,16+,17+;/m0./s1. The Morgan fingerprint density at radius 1 is 1.18 bits per heavy atom. The molecule has 0 unspecified atom stereocenters. The van der Waals surface area contributed by atoms with E-state index in [4.69, 9.17) is 36.0 Å². The van der Waals surface area contributed by atoms with Crippen LogP contribution in [-0.4, -0.2) is 62.7 Å². The number of ether oxygens (including phenoxy) is 2. The van der Waals surface area contributed by atoms with Crippen LogP contribution in [0.15, 0.2) is 42.7 Å². The third-order valence-electron chi connectivity index (χ3n) is 4.91. The number of fused-ring (bicyclic) bond motifs is 2. The van der Waals surface area contributed by atoms with Crippen LogP contribution in [0, 0.1) is 0 Å². The minimum atomic E-state index is -0.564. The molecule has 8 nitrogen and oxygen atoms in total. The number of halogens is 1. The normalized spacial score (nSPS) is 25.9. The topological polar surface area (TPSA) is 107 Å². The van der Waals surface area contributed by atoms with E-state index < -0.39 is 6.10 Å². The lowest BCUT2D eigenvalue weighted by molar-refractivity contribution is -0.122. The van der Waals surface area contributed by atoms with E-state index in [0.717, 1.165) is 22.4 Å². The zero-order valence-corrected chi connectivity index (χ0v) is 15.4. The van der Waals surface area contributed by atoms with Gasteiger partial charge in [-0.1, -0.05) is 17.7 Å². The number of hydrogen-bond acceptors (Lipinski definition) is 6. The Hall–Kier alpha value is -2.52. The third-order valence-corrected chi connectivity index (χ3v) is 5.14. The molecule has 0 amide bonds. The average molecular weight is 404 g/mol. The molecule has 4 atom stereocenters. The minimum Gasteiger partial charge on any atom is -0.483 e. The molecule has 0 saturated carbocycles. The summed E-state index contributed by atoms with van der Waals surface area (Å²) in [6.07, 6.45) is 2.66. The number of aromatic nitrogens is 3. The predicted molar refractivity (Wildman–Crippen MR) is 101 cm³/mol. The molecule has 3 aromatic rings. The molecular formula is C19H18ClN3O5. The van der Waals surface area contributed by atoms with E-state index in [-0.39, 0.29) is 24.7 Å². The van der Waals surface area contributed by atoms with E-state index in [1.165, 1.54) is 0 Å². The number of nitrogens with zero attached hydrogens (tertiary/aromatic N) is 3. The molecule has 2 fully saturated rings. The van der Waals surface area contributed by atoms with Crippen LogP contribution in [0.25, 0.3) is 22.4 Å². The van der Waals surface area contributed by atoms with Gasteiger partial charge in [0.05, 0.1) is 24.8 Å². The van der Waals surface area contributed by atoms with Crippen LogP contribution >= 0.6 is 11.6 Å². The molecule has 4 heterocycles. The maximum Gasteiger partial charge on any atom is 0.290 e. The van der Waals surface area contributed by atoms with E-state index >= 15 is 0 Å². The number of aliphatic hydroxyl groups is 1. The highest BCUT2D eigenvalue weighted by molar-refractivity contribution is 6.31.